The minimum atomic E-state index is -1.47. The van der Waals surface area contributed by atoms with Crippen molar-refractivity contribution in [2.45, 2.75) is 230 Å². The van der Waals surface area contributed by atoms with Crippen LogP contribution in [0.2, 0.25) is 0 Å². The number of hydrogen-bond donors (Lipinski definition) is 13. The fraction of sp³-hybridized carbons (Fsp3) is 0.684. The predicted molar refractivity (Wildman–Crippen MR) is 425 cm³/mol. The Kier molecular flexibility index (Phi) is 41.0. The van der Waals surface area contributed by atoms with Crippen LogP contribution in [0, 0.1) is 29.6 Å². The van der Waals surface area contributed by atoms with E-state index in [2.05, 4.69) is 58.9 Å². The molecule has 13 atom stereocenters. The van der Waals surface area contributed by atoms with E-state index in [0.717, 1.165) is 29.1 Å². The Labute approximate surface area is 659 Å². The number of fused-ring (bicyclic) bond motifs is 1. The number of nitrogens with zero attached hydrogens (tertiary/aromatic N) is 5. The summed E-state index contributed by atoms with van der Waals surface area (Å²) in [6.07, 6.45) is 3.17. The molecular weight excluding hydrogens is 1470 g/mol. The summed E-state index contributed by atoms with van der Waals surface area (Å²) in [5.41, 5.74) is 35.6. The first-order valence-corrected chi connectivity index (χ1v) is 41.2. The molecule has 3 heterocycles. The summed E-state index contributed by atoms with van der Waals surface area (Å²) in [6.45, 7) is 10.5. The van der Waals surface area contributed by atoms with E-state index in [1.165, 1.54) is 16.7 Å². The highest BCUT2D eigenvalue weighted by Gasteiger charge is 2.43. The van der Waals surface area contributed by atoms with Crippen molar-refractivity contribution in [3.8, 4) is 0 Å². The lowest BCUT2D eigenvalue weighted by molar-refractivity contribution is -0.142. The number of amides is 9. The molecule has 1 saturated carbocycles. The number of hydrogen-bond acceptors (Lipinski definition) is 22. The molecule has 0 aromatic heterocycles. The van der Waals surface area contributed by atoms with E-state index in [-0.39, 0.29) is 182 Å². The summed E-state index contributed by atoms with van der Waals surface area (Å²) in [4.78, 5) is 229. The Balaban J connectivity index is 1.50. The number of nitrogens with two attached hydrogens (primary N) is 6. The van der Waals surface area contributed by atoms with Gasteiger partial charge < -0.3 is 81.4 Å². The van der Waals surface area contributed by atoms with Crippen molar-refractivity contribution in [1.82, 2.24) is 47.0 Å². The van der Waals surface area contributed by atoms with Gasteiger partial charge in [0.15, 0.2) is 40.8 Å². The molecule has 5 rings (SSSR count). The van der Waals surface area contributed by atoms with Gasteiger partial charge in [0.25, 0.3) is 0 Å². The number of carbonyl (C=O) groups is 15. The molecule has 3 aliphatic heterocycles. The van der Waals surface area contributed by atoms with Gasteiger partial charge in [0.05, 0.1) is 48.8 Å². The van der Waals surface area contributed by atoms with E-state index in [9.17, 15) is 62.3 Å². The van der Waals surface area contributed by atoms with E-state index >= 15 is 9.59 Å². The Hall–Kier alpha value is -8.70. The first-order valence-electron chi connectivity index (χ1n) is 38.9. The van der Waals surface area contributed by atoms with E-state index in [0.29, 0.717) is 44.9 Å². The van der Waals surface area contributed by atoms with Crippen LogP contribution >= 0.6 is 23.5 Å². The second-order valence-corrected chi connectivity index (χ2v) is 31.9. The molecule has 1 aromatic carbocycles. The zero-order chi connectivity index (χ0) is 81.7. The van der Waals surface area contributed by atoms with Gasteiger partial charge in [0.1, 0.15) is 30.0 Å². The van der Waals surface area contributed by atoms with E-state index < -0.39 is 174 Å². The van der Waals surface area contributed by atoms with Gasteiger partial charge in [-0.1, -0.05) is 63.9 Å². The molecule has 4 fully saturated rings. The normalized spacial score (nSPS) is 23.0. The summed E-state index contributed by atoms with van der Waals surface area (Å²) >= 11 is 1.97. The maximum absolute atomic E-state index is 15.2. The second-order valence-electron chi connectivity index (χ2n) is 29.8. The van der Waals surface area contributed by atoms with Crippen molar-refractivity contribution in [3.05, 3.63) is 35.9 Å². The molecule has 0 spiro atoms. The number of guanidine groups is 2. The van der Waals surface area contributed by atoms with Gasteiger partial charge in [-0.3, -0.25) is 86.9 Å². The van der Waals surface area contributed by atoms with Crippen LogP contribution in [0.5, 0.6) is 0 Å². The molecule has 0 bridgehead atoms. The largest absolute Gasteiger partial charge is 0.370 e. The summed E-state index contributed by atoms with van der Waals surface area (Å²) < 4.78 is 0. The monoisotopic (exact) mass is 1590 g/mol. The number of ketones is 6. The number of carbonyl (C=O) groups excluding carboxylic acids is 15. The number of rotatable bonds is 36. The van der Waals surface area contributed by atoms with Crippen molar-refractivity contribution in [2.75, 3.05) is 68.8 Å². The molecule has 33 nitrogen and oxygen atoms in total. The first-order chi connectivity index (χ1) is 52.9. The molecule has 616 valence electrons. The molecule has 111 heavy (non-hydrogen) atoms. The predicted octanol–water partition coefficient (Wildman–Crippen LogP) is -0.140. The maximum Gasteiger partial charge on any atom is 0.245 e. The van der Waals surface area contributed by atoms with Crippen LogP contribution in [0.1, 0.15) is 175 Å². The van der Waals surface area contributed by atoms with Gasteiger partial charge in [-0.05, 0) is 134 Å². The number of likely N-dealkylation sites (tertiary alicyclic amines) is 1. The number of thioether (sulfide) groups is 2. The zero-order valence-electron chi connectivity index (χ0n) is 64.9. The van der Waals surface area contributed by atoms with Crippen LogP contribution in [-0.2, 0) is 78.3 Å². The van der Waals surface area contributed by atoms with Crippen LogP contribution < -0.4 is 71.6 Å². The van der Waals surface area contributed by atoms with Crippen LogP contribution in [-0.4, -0.2) is 240 Å². The molecule has 1 unspecified atom stereocenters. The van der Waals surface area contributed by atoms with Crippen molar-refractivity contribution < 1.29 is 71.9 Å². The highest BCUT2D eigenvalue weighted by Crippen LogP contribution is 2.28. The first kappa shape index (κ1) is 92.9. The minimum Gasteiger partial charge on any atom is -0.370 e. The topological polar surface area (TPSA) is 540 Å². The van der Waals surface area contributed by atoms with Gasteiger partial charge in [0, 0.05) is 99.5 Å². The standard InChI is InChI=1S/C76H120N18O15S2/c1-6-7-19-48-36-65(100)61-23-15-30-93(61)66(101)40-86-71(106)56(20-11-12-27-77)88-70(105)51(34-52(78)39-83-5)38-64(99)59(43-110-41-54(97)42-111-44-60(92-67(48)102)72(107)90-58(46(4)95)33-47-17-9-8-10-18-47)91-69(104)50(32-45(2)3)37-63(98)55(21-13-28-84-75(79)80)87-73(108)62-24-16-31-94(62)74(109)57(22-14-29-85-76(81)82)89-68(103)49-25-26-53(96)35-49/h8-10,17-18,45,48-52,55-62H,5-7,11-16,19-44,77-78H2,1-4H3,(H,86,106)(H,87,108)(H,88,105)(H,89,103)(H,90,107)(H,91,104)(H,92,102)(H4,79,80,84)(H4,81,82,85)/t48-,49-,50-,51-,52?,55+,56+,57+,58+,59+,60+,61+,62+/m1/s1. The van der Waals surface area contributed by atoms with Crippen LogP contribution in [0.3, 0.4) is 0 Å². The summed E-state index contributed by atoms with van der Waals surface area (Å²) in [5.74, 6) is -14.2. The third-order valence-corrected chi connectivity index (χ3v) is 22.4. The Morgan fingerprint density at radius 2 is 1.33 bits per heavy atom. The summed E-state index contributed by atoms with van der Waals surface area (Å²) in [5, 5.41) is 19.6. The minimum absolute atomic E-state index is 0.0271. The molecule has 0 radical (unpaired) electrons. The fourth-order valence-corrected chi connectivity index (χ4v) is 16.2. The lowest BCUT2D eigenvalue weighted by Gasteiger charge is -2.30. The molecule has 3 saturated heterocycles. The molecule has 4 aliphatic rings. The zero-order valence-corrected chi connectivity index (χ0v) is 66.5. The number of unbranched alkanes of at least 4 members (excludes halogenated alkanes) is 2. The Bertz CT molecular complexity index is 3430. The van der Waals surface area contributed by atoms with Crippen molar-refractivity contribution in [2.24, 2.45) is 79.0 Å². The van der Waals surface area contributed by atoms with Gasteiger partial charge in [0.2, 0.25) is 53.2 Å². The summed E-state index contributed by atoms with van der Waals surface area (Å²) in [7, 11) is 0. The van der Waals surface area contributed by atoms with Gasteiger partial charge >= 0.3 is 0 Å². The molecule has 35 heteroatoms. The maximum atomic E-state index is 15.2. The lowest BCUT2D eigenvalue weighted by atomic mass is 9.88. The molecular formula is C76H120N18O15S2. The van der Waals surface area contributed by atoms with Crippen molar-refractivity contribution in [3.63, 3.8) is 0 Å². The Morgan fingerprint density at radius 1 is 0.694 bits per heavy atom. The van der Waals surface area contributed by atoms with Gasteiger partial charge in [-0.15, -0.1) is 0 Å². The average Bonchev–Trinajstić information content (AvgIpc) is 1.72. The van der Waals surface area contributed by atoms with E-state index in [1.54, 1.807) is 30.3 Å². The molecule has 1 aromatic rings. The van der Waals surface area contributed by atoms with Crippen molar-refractivity contribution >= 4 is 130 Å². The quantitative estimate of drug-likeness (QED) is 0.0236. The van der Waals surface area contributed by atoms with Gasteiger partial charge in [-0.2, -0.15) is 23.5 Å². The van der Waals surface area contributed by atoms with Crippen molar-refractivity contribution in [1.29, 1.82) is 0 Å². The molecule has 1 aliphatic carbocycles. The second kappa shape index (κ2) is 48.9. The number of benzene rings is 1. The SMILES string of the molecule is C=NCC(N)C[C@@H]1CC(=O)[C@@H](NC(=O)[C@@H](CC(=O)[C@H](CCCN=C(N)N)NC(=O)[C@@H]2CCCN2C(=O)[C@H](CCCN=C(N)N)NC(=O)[C@@H]2CCC(=O)C2)CC(C)C)CSCC(=O)CSC[C@@H](C(=O)N[C@@H](Cc2ccccc2)C(C)=O)NC(=O)[C@H](CCCC)CC(=O)[C@@H]2CCCN2C(=O)CNC(=O)[C@H](CCCCN)NC1=O. The molecule has 9 amide bonds. The third-order valence-electron chi connectivity index (χ3n) is 20.2. The van der Waals surface area contributed by atoms with E-state index in [1.807, 2.05) is 20.8 Å². The summed E-state index contributed by atoms with van der Waals surface area (Å²) in [6, 6.07) is -1.46. The molecule has 19 N–H and O–H groups in total. The number of nitrogens with one attached hydrogen (secondary N) is 7. The Morgan fingerprint density at radius 3 is 1.96 bits per heavy atom. The number of aliphatic imine (C=N–C) groups is 3. The highest BCUT2D eigenvalue weighted by molar-refractivity contribution is 8.01. The highest BCUT2D eigenvalue weighted by atomic mass is 32.2. The van der Waals surface area contributed by atoms with Crippen LogP contribution in [0.4, 0.5) is 0 Å². The average molecular weight is 1590 g/mol. The van der Waals surface area contributed by atoms with Crippen LogP contribution in [0.15, 0.2) is 45.3 Å². The number of Topliss-reactive ketones (excluding diaryl/α,β-unsaturated/α-hetero) is 6. The lowest BCUT2D eigenvalue weighted by Crippen LogP contribution is -2.56. The van der Waals surface area contributed by atoms with Gasteiger partial charge in [-0.25, -0.2) is 0 Å². The smallest absolute Gasteiger partial charge is 0.245 e. The van der Waals surface area contributed by atoms with E-state index in [4.69, 9.17) is 34.4 Å². The van der Waals surface area contributed by atoms with Crippen LogP contribution in [0.25, 0.3) is 0 Å². The fourth-order valence-electron chi connectivity index (χ4n) is 14.2. The third kappa shape index (κ3) is 32.5.